The van der Waals surface area contributed by atoms with Gasteiger partial charge in [0.25, 0.3) is 0 Å². The molecule has 1 spiro atoms. The van der Waals surface area contributed by atoms with Crippen LogP contribution in [0.3, 0.4) is 0 Å². The van der Waals surface area contributed by atoms with Gasteiger partial charge in [-0.1, -0.05) is 44.2 Å². The van der Waals surface area contributed by atoms with Crippen LogP contribution in [0.2, 0.25) is 0 Å². The van der Waals surface area contributed by atoms with Crippen molar-refractivity contribution in [1.29, 1.82) is 0 Å². The van der Waals surface area contributed by atoms with Gasteiger partial charge in [0, 0.05) is 26.2 Å². The third kappa shape index (κ3) is 3.83. The van der Waals surface area contributed by atoms with E-state index < -0.39 is 29.1 Å². The second-order valence-corrected chi connectivity index (χ2v) is 9.44. The SMILES string of the molecule is CCCNC(=O)[C@@H]1[C@H]2C(=O)N(CCCO)C(C(=O)NCc3ccccc3)C23CC[C@@]1(CC)O3. The maximum atomic E-state index is 13.7. The van der Waals surface area contributed by atoms with E-state index in [0.717, 1.165) is 12.0 Å². The number of benzene rings is 1. The zero-order valence-electron chi connectivity index (χ0n) is 19.5. The van der Waals surface area contributed by atoms with E-state index in [2.05, 4.69) is 10.6 Å². The molecule has 5 atom stereocenters. The van der Waals surface area contributed by atoms with Crippen LogP contribution in [0.15, 0.2) is 30.3 Å². The Morgan fingerprint density at radius 3 is 2.58 bits per heavy atom. The zero-order chi connectivity index (χ0) is 23.6. The smallest absolute Gasteiger partial charge is 0.246 e. The number of aliphatic hydroxyl groups excluding tert-OH is 1. The lowest BCUT2D eigenvalue weighted by Crippen LogP contribution is -2.55. The highest BCUT2D eigenvalue weighted by molar-refractivity contribution is 5.99. The summed E-state index contributed by atoms with van der Waals surface area (Å²) in [6, 6.07) is 8.79. The number of carbonyl (C=O) groups excluding carboxylic acids is 3. The Morgan fingerprint density at radius 2 is 1.91 bits per heavy atom. The van der Waals surface area contributed by atoms with Gasteiger partial charge in [-0.15, -0.1) is 0 Å². The molecular formula is C25H35N3O5. The van der Waals surface area contributed by atoms with Gasteiger partial charge >= 0.3 is 0 Å². The van der Waals surface area contributed by atoms with E-state index >= 15 is 0 Å². The predicted octanol–water partition coefficient (Wildman–Crippen LogP) is 1.37. The average Bonchev–Trinajstić information content (AvgIpc) is 3.44. The van der Waals surface area contributed by atoms with Crippen molar-refractivity contribution in [1.82, 2.24) is 15.5 Å². The van der Waals surface area contributed by atoms with Crippen molar-refractivity contribution in [2.24, 2.45) is 11.8 Å². The largest absolute Gasteiger partial charge is 0.396 e. The highest BCUT2D eigenvalue weighted by atomic mass is 16.5. The van der Waals surface area contributed by atoms with Crippen LogP contribution < -0.4 is 10.6 Å². The Labute approximate surface area is 195 Å². The Balaban J connectivity index is 1.66. The van der Waals surface area contributed by atoms with Crippen molar-refractivity contribution in [3.63, 3.8) is 0 Å². The lowest BCUT2D eigenvalue weighted by atomic mass is 9.65. The van der Waals surface area contributed by atoms with Crippen molar-refractivity contribution in [3.05, 3.63) is 35.9 Å². The lowest BCUT2D eigenvalue weighted by Gasteiger charge is -2.34. The molecule has 4 rings (SSSR count). The molecule has 3 saturated heterocycles. The summed E-state index contributed by atoms with van der Waals surface area (Å²) in [4.78, 5) is 42.1. The van der Waals surface area contributed by atoms with Gasteiger partial charge in [-0.3, -0.25) is 14.4 Å². The number of nitrogens with zero attached hydrogens (tertiary/aromatic N) is 1. The van der Waals surface area contributed by atoms with Crippen LogP contribution in [0.1, 0.15) is 51.5 Å². The summed E-state index contributed by atoms with van der Waals surface area (Å²) in [6.45, 7) is 5.02. The summed E-state index contributed by atoms with van der Waals surface area (Å²) in [5.41, 5.74) is -0.777. The van der Waals surface area contributed by atoms with Gasteiger partial charge in [0.05, 0.1) is 17.4 Å². The number of likely N-dealkylation sites (tertiary alicyclic amines) is 1. The van der Waals surface area contributed by atoms with Crippen molar-refractivity contribution in [2.45, 2.75) is 69.7 Å². The molecule has 8 nitrogen and oxygen atoms in total. The lowest BCUT2D eigenvalue weighted by molar-refractivity contribution is -0.147. The van der Waals surface area contributed by atoms with Gasteiger partial charge in [0.15, 0.2) is 0 Å². The van der Waals surface area contributed by atoms with Gasteiger partial charge in [-0.25, -0.2) is 0 Å². The zero-order valence-corrected chi connectivity index (χ0v) is 19.5. The molecule has 2 unspecified atom stereocenters. The minimum atomic E-state index is -1.02. The van der Waals surface area contributed by atoms with Gasteiger partial charge in [-0.2, -0.15) is 0 Å². The third-order valence-corrected chi connectivity index (χ3v) is 7.63. The van der Waals surface area contributed by atoms with Crippen LogP contribution in [0.5, 0.6) is 0 Å². The molecule has 0 saturated carbocycles. The van der Waals surface area contributed by atoms with E-state index in [1.54, 1.807) is 4.90 Å². The summed E-state index contributed by atoms with van der Waals surface area (Å²) in [7, 11) is 0. The third-order valence-electron chi connectivity index (χ3n) is 7.63. The normalized spacial score (nSPS) is 32.2. The first kappa shape index (κ1) is 23.7. The minimum Gasteiger partial charge on any atom is -0.396 e. The first-order valence-corrected chi connectivity index (χ1v) is 12.1. The molecule has 33 heavy (non-hydrogen) atoms. The second kappa shape index (κ2) is 9.43. The Morgan fingerprint density at radius 1 is 1.15 bits per heavy atom. The van der Waals surface area contributed by atoms with Crippen LogP contribution in [-0.2, 0) is 25.7 Å². The van der Waals surface area contributed by atoms with Crippen LogP contribution in [0, 0.1) is 11.8 Å². The van der Waals surface area contributed by atoms with Crippen LogP contribution in [-0.4, -0.2) is 64.7 Å². The molecule has 8 heteroatoms. The maximum Gasteiger partial charge on any atom is 0.246 e. The molecule has 3 amide bonds. The van der Waals surface area contributed by atoms with Crippen molar-refractivity contribution in [3.8, 4) is 0 Å². The first-order valence-electron chi connectivity index (χ1n) is 12.1. The molecule has 2 bridgehead atoms. The quantitative estimate of drug-likeness (QED) is 0.492. The molecule has 0 radical (unpaired) electrons. The molecular weight excluding hydrogens is 422 g/mol. The summed E-state index contributed by atoms with van der Waals surface area (Å²) in [5, 5.41) is 15.4. The fourth-order valence-electron chi connectivity index (χ4n) is 6.14. The molecule has 0 aliphatic carbocycles. The summed E-state index contributed by atoms with van der Waals surface area (Å²) in [5.74, 6) is -1.94. The predicted molar refractivity (Wildman–Crippen MR) is 122 cm³/mol. The van der Waals surface area contributed by atoms with E-state index in [-0.39, 0.29) is 30.9 Å². The monoisotopic (exact) mass is 457 g/mol. The second-order valence-electron chi connectivity index (χ2n) is 9.44. The number of ether oxygens (including phenoxy) is 1. The van der Waals surface area contributed by atoms with E-state index in [4.69, 9.17) is 4.74 Å². The first-order chi connectivity index (χ1) is 15.9. The van der Waals surface area contributed by atoms with Crippen LogP contribution in [0.4, 0.5) is 0 Å². The average molecular weight is 458 g/mol. The highest BCUT2D eigenvalue weighted by Crippen LogP contribution is 2.64. The van der Waals surface area contributed by atoms with E-state index in [9.17, 15) is 19.5 Å². The minimum absolute atomic E-state index is 0.0834. The van der Waals surface area contributed by atoms with Crippen molar-refractivity contribution >= 4 is 17.7 Å². The molecule has 3 N–H and O–H groups in total. The molecule has 1 aromatic rings. The number of aliphatic hydroxyl groups is 1. The number of hydrogen-bond acceptors (Lipinski definition) is 5. The number of fused-ring (bicyclic) bond motifs is 1. The van der Waals surface area contributed by atoms with Crippen LogP contribution in [0.25, 0.3) is 0 Å². The number of nitrogens with one attached hydrogen (secondary N) is 2. The standard InChI is InChI=1S/C25H35N3O5/c1-3-13-26-21(30)18-19-23(32)28(14-8-15-29)20(25(19)12-11-24(18,4-2)33-25)22(31)27-16-17-9-6-5-7-10-17/h5-7,9-10,18-20,29H,3-4,8,11-16H2,1-2H3,(H,26,30)(H,27,31)/t18-,19-,20?,24+,25?/m0/s1. The van der Waals surface area contributed by atoms with Crippen molar-refractivity contribution in [2.75, 3.05) is 19.7 Å². The van der Waals surface area contributed by atoms with Gasteiger partial charge in [0.1, 0.15) is 11.6 Å². The molecule has 3 heterocycles. The maximum absolute atomic E-state index is 13.7. The van der Waals surface area contributed by atoms with Gasteiger partial charge in [-0.05, 0) is 37.7 Å². The topological polar surface area (TPSA) is 108 Å². The fraction of sp³-hybridized carbons (Fsp3) is 0.640. The Bertz CT molecular complexity index is 893. The molecule has 1 aromatic carbocycles. The van der Waals surface area contributed by atoms with E-state index in [1.165, 1.54) is 0 Å². The summed E-state index contributed by atoms with van der Waals surface area (Å²) >= 11 is 0. The van der Waals surface area contributed by atoms with Crippen molar-refractivity contribution < 1.29 is 24.2 Å². The number of rotatable bonds is 10. The summed E-state index contributed by atoms with van der Waals surface area (Å²) < 4.78 is 6.65. The molecule has 3 aliphatic heterocycles. The molecule has 180 valence electrons. The molecule has 0 aromatic heterocycles. The van der Waals surface area contributed by atoms with Gasteiger partial charge in [0.2, 0.25) is 17.7 Å². The number of hydrogen-bond donors (Lipinski definition) is 3. The van der Waals surface area contributed by atoms with E-state index in [0.29, 0.717) is 38.8 Å². The molecule has 3 aliphatic rings. The highest BCUT2D eigenvalue weighted by Gasteiger charge is 2.78. The van der Waals surface area contributed by atoms with Crippen LogP contribution >= 0.6 is 0 Å². The number of amides is 3. The molecule has 3 fully saturated rings. The Hall–Kier alpha value is -2.45. The number of carbonyl (C=O) groups is 3. The fourth-order valence-corrected chi connectivity index (χ4v) is 6.14. The van der Waals surface area contributed by atoms with Gasteiger partial charge < -0.3 is 25.4 Å². The summed E-state index contributed by atoms with van der Waals surface area (Å²) in [6.07, 6.45) is 2.98. The Kier molecular flexibility index (Phi) is 6.77. The van der Waals surface area contributed by atoms with E-state index in [1.807, 2.05) is 44.2 Å².